The predicted molar refractivity (Wildman–Crippen MR) is 247 cm³/mol. The Bertz CT molecular complexity index is 1570. The summed E-state index contributed by atoms with van der Waals surface area (Å²) >= 11 is 0. The van der Waals surface area contributed by atoms with Gasteiger partial charge in [0.1, 0.15) is 11.8 Å². The van der Waals surface area contributed by atoms with Gasteiger partial charge >= 0.3 is 5.97 Å². The Morgan fingerprint density at radius 3 is 2.11 bits per heavy atom. The van der Waals surface area contributed by atoms with Crippen LogP contribution in [0.1, 0.15) is 192 Å². The van der Waals surface area contributed by atoms with Crippen LogP contribution in [-0.4, -0.2) is 98.4 Å². The van der Waals surface area contributed by atoms with E-state index in [1.807, 2.05) is 46.8 Å². The highest BCUT2D eigenvalue weighted by Crippen LogP contribution is 2.54. The summed E-state index contributed by atoms with van der Waals surface area (Å²) in [6.45, 7) is 22.1. The number of hydrogen-bond donors (Lipinski definition) is 4. The van der Waals surface area contributed by atoms with Crippen molar-refractivity contribution < 1.29 is 53.4 Å². The van der Waals surface area contributed by atoms with Crippen LogP contribution in [0.25, 0.3) is 0 Å². The molecule has 0 aromatic rings. The maximum atomic E-state index is 14.7. The molecule has 4 N–H and O–H groups in total. The quantitative estimate of drug-likeness (QED) is 0.0639. The zero-order chi connectivity index (χ0) is 47.2. The summed E-state index contributed by atoms with van der Waals surface area (Å²) in [5.74, 6) is -5.84. The molecule has 4 fully saturated rings. The molecule has 4 saturated heterocycles. The number of carboxylic acid groups (broad SMARTS) is 1. The molecule has 5 rings (SSSR count). The number of aliphatic carboxylic acids is 1. The number of carboxylic acids is 1. The largest absolute Gasteiger partial charge is 0.481 e. The fourth-order valence-electron chi connectivity index (χ4n) is 12.2. The normalized spacial score (nSPS) is 40.2. The van der Waals surface area contributed by atoms with Crippen LogP contribution in [0.3, 0.4) is 0 Å². The molecule has 1 amide bonds. The second-order valence-corrected chi connectivity index (χ2v) is 21.4. The lowest BCUT2D eigenvalue weighted by Gasteiger charge is -2.55. The molecule has 0 saturated carbocycles. The van der Waals surface area contributed by atoms with Crippen molar-refractivity contribution in [1.82, 2.24) is 5.32 Å². The lowest BCUT2D eigenvalue weighted by Crippen LogP contribution is -2.65. The second kappa shape index (κ2) is 22.5. The number of hydrogen-bond acceptors (Lipinski definition) is 10. The molecule has 0 bridgehead atoms. The van der Waals surface area contributed by atoms with Crippen molar-refractivity contribution in [3.05, 3.63) is 12.2 Å². The summed E-state index contributed by atoms with van der Waals surface area (Å²) in [5.41, 5.74) is -1.67. The summed E-state index contributed by atoms with van der Waals surface area (Å²) in [6, 6.07) is -0.591. The van der Waals surface area contributed by atoms with E-state index in [9.17, 15) is 29.7 Å². The van der Waals surface area contributed by atoms with Crippen LogP contribution in [0.15, 0.2) is 12.2 Å². The first-order chi connectivity index (χ1) is 30.2. The van der Waals surface area contributed by atoms with Crippen LogP contribution in [0.4, 0.5) is 0 Å². The van der Waals surface area contributed by atoms with Crippen LogP contribution in [0.5, 0.6) is 0 Å². The van der Waals surface area contributed by atoms with Crippen molar-refractivity contribution in [2.75, 3.05) is 0 Å². The summed E-state index contributed by atoms with van der Waals surface area (Å²) in [6.07, 6.45) is 15.2. The molecular formula is C52H89NO11. The van der Waals surface area contributed by atoms with Gasteiger partial charge in [-0.2, -0.15) is 0 Å². The molecule has 18 atom stereocenters. The van der Waals surface area contributed by atoms with Crippen molar-refractivity contribution in [3.8, 4) is 0 Å². The SMILES string of the molecule is CCCCCCCCCC(=O)NC1C=C[C@]2(O[C@H](C(CC)C(=O)[C@@H](C)[C@@H](O)[C@H](C)[C@@H]3O[C@@H]([C@@H](CC)C(=O)O)CC[C@@H]3C)[C@@H](C)C[C@H]2C)O[C@@]12CC[C@@](C)([C@H]1CC[C@](O)(CC)[C@H](C)O1)O2. The van der Waals surface area contributed by atoms with E-state index in [4.69, 9.17) is 23.7 Å². The maximum Gasteiger partial charge on any atom is 0.309 e. The monoisotopic (exact) mass is 904 g/mol. The summed E-state index contributed by atoms with van der Waals surface area (Å²) in [4.78, 5) is 40.4. The summed E-state index contributed by atoms with van der Waals surface area (Å²) in [7, 11) is 0. The Hall–Kier alpha value is -1.93. The smallest absolute Gasteiger partial charge is 0.309 e. The van der Waals surface area contributed by atoms with E-state index in [-0.39, 0.29) is 47.8 Å². The zero-order valence-corrected chi connectivity index (χ0v) is 41.6. The van der Waals surface area contributed by atoms with Gasteiger partial charge in [0.25, 0.3) is 0 Å². The van der Waals surface area contributed by atoms with Gasteiger partial charge in [-0.3, -0.25) is 14.4 Å². The van der Waals surface area contributed by atoms with E-state index in [1.54, 1.807) is 6.92 Å². The van der Waals surface area contributed by atoms with E-state index < -0.39 is 76.8 Å². The van der Waals surface area contributed by atoms with Gasteiger partial charge in [0.05, 0.1) is 53.7 Å². The van der Waals surface area contributed by atoms with Gasteiger partial charge in [-0.15, -0.1) is 0 Å². The average Bonchev–Trinajstić information content (AvgIpc) is 3.61. The van der Waals surface area contributed by atoms with Gasteiger partial charge in [-0.25, -0.2) is 0 Å². The molecule has 368 valence electrons. The lowest BCUT2D eigenvalue weighted by atomic mass is 9.72. The van der Waals surface area contributed by atoms with Gasteiger partial charge in [-0.05, 0) is 96.0 Å². The Kier molecular flexibility index (Phi) is 18.6. The lowest BCUT2D eigenvalue weighted by molar-refractivity contribution is -0.398. The highest BCUT2D eigenvalue weighted by Gasteiger charge is 2.63. The number of ether oxygens (including phenoxy) is 5. The number of carbonyl (C=O) groups excluding carboxylic acids is 2. The Balaban J connectivity index is 1.36. The third-order valence-corrected chi connectivity index (χ3v) is 16.8. The third-order valence-electron chi connectivity index (χ3n) is 16.8. The van der Waals surface area contributed by atoms with Crippen molar-refractivity contribution >= 4 is 17.7 Å². The molecule has 2 unspecified atom stereocenters. The molecule has 0 aromatic heterocycles. The molecule has 0 radical (unpaired) electrons. The molecule has 5 heterocycles. The molecule has 64 heavy (non-hydrogen) atoms. The van der Waals surface area contributed by atoms with Crippen LogP contribution in [0, 0.1) is 41.4 Å². The van der Waals surface area contributed by atoms with Crippen LogP contribution >= 0.6 is 0 Å². The molecule has 12 heteroatoms. The molecular weight excluding hydrogens is 815 g/mol. The summed E-state index contributed by atoms with van der Waals surface area (Å²) < 4.78 is 34.8. The Morgan fingerprint density at radius 1 is 0.812 bits per heavy atom. The van der Waals surface area contributed by atoms with E-state index >= 15 is 0 Å². The standard InChI is InChI=1S/C52H89NO11/c1-12-16-17-18-19-20-21-22-43(54)53-41-25-28-51(64-52(41)30-29-49(11,63-52)42-26-27-50(59,15-4)37(10)60-42)34(7)31-33(6)47(62-51)39(14-3)45(56)35(8)44(55)36(9)46-32(5)23-24-40(61-46)38(13-2)48(57)58/h25,28,32-42,44,46-47,55,59H,12-24,26-27,29-31H2,1-11H3,(H,53,54)(H,57,58)/t32-,33-,34+,35-,36-,37-,38+,39?,40+,41?,42+,44+,46+,47-,49-,50+,51-,52-/m0/s1. The van der Waals surface area contributed by atoms with Crippen molar-refractivity contribution in [2.24, 2.45) is 41.4 Å². The number of aliphatic hydroxyl groups excluding tert-OH is 1. The van der Waals surface area contributed by atoms with Gasteiger partial charge in [0.15, 0.2) is 11.6 Å². The van der Waals surface area contributed by atoms with Gasteiger partial charge in [0, 0.05) is 36.5 Å². The Labute approximate surface area is 386 Å². The minimum atomic E-state index is -1.28. The minimum Gasteiger partial charge on any atom is -0.481 e. The van der Waals surface area contributed by atoms with E-state index in [0.29, 0.717) is 64.2 Å². The van der Waals surface area contributed by atoms with Crippen LogP contribution < -0.4 is 5.32 Å². The molecule has 2 spiro atoms. The highest BCUT2D eigenvalue weighted by molar-refractivity contribution is 5.84. The maximum absolute atomic E-state index is 14.7. The number of aliphatic hydroxyl groups is 2. The number of Topliss-reactive ketones (excluding diaryl/α,β-unsaturated/α-hetero) is 1. The van der Waals surface area contributed by atoms with Gasteiger partial charge in [-0.1, -0.05) is 107 Å². The van der Waals surface area contributed by atoms with Gasteiger partial charge in [0.2, 0.25) is 5.91 Å². The summed E-state index contributed by atoms with van der Waals surface area (Å²) in [5, 5.41) is 36.3. The molecule has 12 nitrogen and oxygen atoms in total. The topological polar surface area (TPSA) is 170 Å². The first-order valence-corrected chi connectivity index (χ1v) is 25.8. The zero-order valence-electron chi connectivity index (χ0n) is 41.6. The highest BCUT2D eigenvalue weighted by atomic mass is 16.8. The molecule has 5 aliphatic heterocycles. The average molecular weight is 904 g/mol. The number of rotatable bonds is 21. The fourth-order valence-corrected chi connectivity index (χ4v) is 12.2. The first-order valence-electron chi connectivity index (χ1n) is 25.8. The number of nitrogens with one attached hydrogen (secondary N) is 1. The molecule has 0 aromatic carbocycles. The van der Waals surface area contributed by atoms with E-state index in [2.05, 4.69) is 39.9 Å². The van der Waals surface area contributed by atoms with E-state index in [1.165, 1.54) is 25.7 Å². The predicted octanol–water partition coefficient (Wildman–Crippen LogP) is 9.45. The number of carbonyl (C=O) groups is 3. The number of unbranched alkanes of at least 4 members (excludes halogenated alkanes) is 6. The molecule has 5 aliphatic rings. The third kappa shape index (κ3) is 11.5. The second-order valence-electron chi connectivity index (χ2n) is 21.4. The van der Waals surface area contributed by atoms with Crippen LogP contribution in [0.2, 0.25) is 0 Å². The van der Waals surface area contributed by atoms with Crippen molar-refractivity contribution in [1.29, 1.82) is 0 Å². The van der Waals surface area contributed by atoms with Gasteiger partial charge < -0.3 is 44.3 Å². The van der Waals surface area contributed by atoms with Crippen LogP contribution in [-0.2, 0) is 38.1 Å². The van der Waals surface area contributed by atoms with E-state index in [0.717, 1.165) is 25.7 Å². The Morgan fingerprint density at radius 2 is 1.48 bits per heavy atom. The number of ketones is 1. The number of amides is 1. The first kappa shape index (κ1) is 53.0. The minimum absolute atomic E-state index is 0.00250. The molecule has 0 aliphatic carbocycles. The van der Waals surface area contributed by atoms with Crippen molar-refractivity contribution in [3.63, 3.8) is 0 Å². The fraction of sp³-hybridized carbons (Fsp3) is 0.904. The van der Waals surface area contributed by atoms with Crippen molar-refractivity contribution in [2.45, 2.75) is 257 Å².